The zero-order valence-corrected chi connectivity index (χ0v) is 9.61. The Bertz CT molecular complexity index is 315. The molecule has 3 heteroatoms. The van der Waals surface area contributed by atoms with E-state index >= 15 is 0 Å². The number of aryl methyl sites for hydroxylation is 1. The molecule has 0 spiro atoms. The number of allylic oxidation sites excluding steroid dienone is 1. The van der Waals surface area contributed by atoms with Gasteiger partial charge in [-0.25, -0.2) is 0 Å². The van der Waals surface area contributed by atoms with Crippen LogP contribution in [0.5, 0.6) is 0 Å². The van der Waals surface area contributed by atoms with Crippen LogP contribution < -0.4 is 0 Å². The molecule has 0 aliphatic heterocycles. The van der Waals surface area contributed by atoms with Crippen molar-refractivity contribution in [3.8, 4) is 0 Å². The van der Waals surface area contributed by atoms with Gasteiger partial charge in [-0.05, 0) is 32.3 Å². The zero-order chi connectivity index (χ0) is 11.3. The number of aliphatic hydroxyl groups is 1. The van der Waals surface area contributed by atoms with Crippen molar-refractivity contribution in [3.05, 3.63) is 30.6 Å². The molecule has 1 atom stereocenters. The molecule has 0 fully saturated rings. The monoisotopic (exact) mass is 208 g/mol. The van der Waals surface area contributed by atoms with Crippen molar-refractivity contribution in [2.45, 2.75) is 45.3 Å². The molecule has 0 amide bonds. The van der Waals surface area contributed by atoms with Crippen LogP contribution in [0.3, 0.4) is 0 Å². The Morgan fingerprint density at radius 1 is 1.67 bits per heavy atom. The fraction of sp³-hybridized carbons (Fsp3) is 0.583. The number of nitrogens with zero attached hydrogens (tertiary/aromatic N) is 2. The summed E-state index contributed by atoms with van der Waals surface area (Å²) in [6.45, 7) is 8.46. The van der Waals surface area contributed by atoms with Gasteiger partial charge in [-0.2, -0.15) is 5.10 Å². The van der Waals surface area contributed by atoms with Crippen molar-refractivity contribution in [3.63, 3.8) is 0 Å². The van der Waals surface area contributed by atoms with Gasteiger partial charge < -0.3 is 5.11 Å². The third kappa shape index (κ3) is 2.93. The number of hydrogen-bond acceptors (Lipinski definition) is 2. The standard InChI is InChI=1S/C12H20N2O/c1-4-6-8-12(3,15)11-7-9-13-14(11)10-5-2/h4,7,9,15H,1,5-6,8,10H2,2-3H3. The minimum Gasteiger partial charge on any atom is -0.384 e. The summed E-state index contributed by atoms with van der Waals surface area (Å²) in [5.74, 6) is 0. The molecule has 1 rings (SSSR count). The Balaban J connectivity index is 2.82. The molecule has 1 aromatic heterocycles. The first-order valence-corrected chi connectivity index (χ1v) is 5.47. The van der Waals surface area contributed by atoms with Gasteiger partial charge in [0.2, 0.25) is 0 Å². The third-order valence-corrected chi connectivity index (χ3v) is 2.54. The lowest BCUT2D eigenvalue weighted by atomic mass is 9.96. The molecular formula is C12H20N2O. The molecule has 0 saturated carbocycles. The lowest BCUT2D eigenvalue weighted by Crippen LogP contribution is -2.25. The van der Waals surface area contributed by atoms with Gasteiger partial charge in [0.25, 0.3) is 0 Å². The van der Waals surface area contributed by atoms with E-state index in [4.69, 9.17) is 0 Å². The Morgan fingerprint density at radius 3 is 3.00 bits per heavy atom. The van der Waals surface area contributed by atoms with Crippen molar-refractivity contribution in [1.29, 1.82) is 0 Å². The van der Waals surface area contributed by atoms with Crippen LogP contribution in [-0.2, 0) is 12.1 Å². The number of hydrogen-bond donors (Lipinski definition) is 1. The Morgan fingerprint density at radius 2 is 2.40 bits per heavy atom. The summed E-state index contributed by atoms with van der Waals surface area (Å²) < 4.78 is 1.88. The van der Waals surface area contributed by atoms with Crippen molar-refractivity contribution in [2.24, 2.45) is 0 Å². The minimum absolute atomic E-state index is 0.686. The molecule has 1 heterocycles. The van der Waals surface area contributed by atoms with Crippen LogP contribution in [0.2, 0.25) is 0 Å². The van der Waals surface area contributed by atoms with E-state index in [0.29, 0.717) is 6.42 Å². The molecule has 1 N–H and O–H groups in total. The van der Waals surface area contributed by atoms with E-state index in [9.17, 15) is 5.11 Å². The SMILES string of the molecule is C=CCCC(C)(O)c1ccnn1CCC. The maximum absolute atomic E-state index is 10.3. The van der Waals surface area contributed by atoms with Gasteiger partial charge in [-0.1, -0.05) is 13.0 Å². The lowest BCUT2D eigenvalue weighted by Gasteiger charge is -2.23. The van der Waals surface area contributed by atoms with Crippen LogP contribution in [0.25, 0.3) is 0 Å². The fourth-order valence-electron chi connectivity index (χ4n) is 1.69. The van der Waals surface area contributed by atoms with E-state index in [0.717, 1.165) is 25.1 Å². The van der Waals surface area contributed by atoms with Gasteiger partial charge in [-0.15, -0.1) is 6.58 Å². The highest BCUT2D eigenvalue weighted by Crippen LogP contribution is 2.25. The highest BCUT2D eigenvalue weighted by molar-refractivity contribution is 5.10. The van der Waals surface area contributed by atoms with E-state index in [2.05, 4.69) is 18.6 Å². The van der Waals surface area contributed by atoms with Crippen LogP contribution in [0, 0.1) is 0 Å². The molecule has 0 aliphatic carbocycles. The molecule has 0 saturated heterocycles. The largest absolute Gasteiger partial charge is 0.384 e. The van der Waals surface area contributed by atoms with Crippen molar-refractivity contribution < 1.29 is 5.11 Å². The molecule has 0 radical (unpaired) electrons. The van der Waals surface area contributed by atoms with Gasteiger partial charge >= 0.3 is 0 Å². The summed E-state index contributed by atoms with van der Waals surface area (Å²) in [7, 11) is 0. The first-order valence-electron chi connectivity index (χ1n) is 5.47. The van der Waals surface area contributed by atoms with Gasteiger partial charge in [0.1, 0.15) is 5.60 Å². The topological polar surface area (TPSA) is 38.1 Å². The molecule has 15 heavy (non-hydrogen) atoms. The van der Waals surface area contributed by atoms with Crippen molar-refractivity contribution >= 4 is 0 Å². The van der Waals surface area contributed by atoms with E-state index in [1.54, 1.807) is 6.20 Å². The summed E-state index contributed by atoms with van der Waals surface area (Å²) in [6.07, 6.45) is 6.09. The first-order chi connectivity index (χ1) is 7.11. The molecule has 0 bridgehead atoms. The maximum Gasteiger partial charge on any atom is 0.104 e. The van der Waals surface area contributed by atoms with Gasteiger partial charge in [0.05, 0.1) is 5.69 Å². The molecule has 1 unspecified atom stereocenters. The highest BCUT2D eigenvalue weighted by Gasteiger charge is 2.25. The highest BCUT2D eigenvalue weighted by atomic mass is 16.3. The quantitative estimate of drug-likeness (QED) is 0.729. The van der Waals surface area contributed by atoms with Crippen LogP contribution in [-0.4, -0.2) is 14.9 Å². The van der Waals surface area contributed by atoms with Crippen LogP contribution in [0.15, 0.2) is 24.9 Å². The normalized spacial score (nSPS) is 14.9. The van der Waals surface area contributed by atoms with E-state index < -0.39 is 5.60 Å². The molecule has 3 nitrogen and oxygen atoms in total. The lowest BCUT2D eigenvalue weighted by molar-refractivity contribution is 0.0392. The molecule has 0 aliphatic rings. The average molecular weight is 208 g/mol. The Hall–Kier alpha value is -1.09. The Labute approximate surface area is 91.4 Å². The fourth-order valence-corrected chi connectivity index (χ4v) is 1.69. The summed E-state index contributed by atoms with van der Waals surface area (Å²) >= 11 is 0. The maximum atomic E-state index is 10.3. The van der Waals surface area contributed by atoms with Crippen LogP contribution >= 0.6 is 0 Å². The summed E-state index contributed by atoms with van der Waals surface area (Å²) in [4.78, 5) is 0. The smallest absolute Gasteiger partial charge is 0.104 e. The summed E-state index contributed by atoms with van der Waals surface area (Å²) in [6, 6.07) is 1.89. The summed E-state index contributed by atoms with van der Waals surface area (Å²) in [5.41, 5.74) is 0.0889. The number of rotatable bonds is 6. The molecule has 84 valence electrons. The summed E-state index contributed by atoms with van der Waals surface area (Å²) in [5, 5.41) is 14.5. The Kier molecular flexibility index (Phi) is 4.09. The zero-order valence-electron chi connectivity index (χ0n) is 9.61. The van der Waals surface area contributed by atoms with E-state index in [1.807, 2.05) is 23.7 Å². The third-order valence-electron chi connectivity index (χ3n) is 2.54. The predicted octanol–water partition coefficient (Wildman–Crippen LogP) is 2.47. The predicted molar refractivity (Wildman–Crippen MR) is 61.5 cm³/mol. The second-order valence-electron chi connectivity index (χ2n) is 4.04. The second-order valence-corrected chi connectivity index (χ2v) is 4.04. The van der Waals surface area contributed by atoms with E-state index in [-0.39, 0.29) is 0 Å². The number of aromatic nitrogens is 2. The molecular weight excluding hydrogens is 188 g/mol. The molecule has 1 aromatic rings. The average Bonchev–Trinajstić information content (AvgIpc) is 2.64. The second kappa shape index (κ2) is 5.12. The van der Waals surface area contributed by atoms with Crippen LogP contribution in [0.4, 0.5) is 0 Å². The van der Waals surface area contributed by atoms with Crippen LogP contribution in [0.1, 0.15) is 38.8 Å². The first kappa shape index (κ1) is 12.0. The van der Waals surface area contributed by atoms with E-state index in [1.165, 1.54) is 0 Å². The van der Waals surface area contributed by atoms with Crippen molar-refractivity contribution in [1.82, 2.24) is 9.78 Å². The van der Waals surface area contributed by atoms with Crippen molar-refractivity contribution in [2.75, 3.05) is 0 Å². The van der Waals surface area contributed by atoms with Gasteiger partial charge in [-0.3, -0.25) is 4.68 Å². The van der Waals surface area contributed by atoms with Gasteiger partial charge in [0, 0.05) is 12.7 Å². The van der Waals surface area contributed by atoms with Gasteiger partial charge in [0.15, 0.2) is 0 Å². The molecule has 0 aromatic carbocycles. The minimum atomic E-state index is -0.806.